The van der Waals surface area contributed by atoms with Crippen LogP contribution in [0.3, 0.4) is 0 Å². The summed E-state index contributed by atoms with van der Waals surface area (Å²) in [6, 6.07) is 16.7. The quantitative estimate of drug-likeness (QED) is 0.855. The van der Waals surface area contributed by atoms with Gasteiger partial charge in [-0.2, -0.15) is 0 Å². The fourth-order valence-electron chi connectivity index (χ4n) is 2.96. The average Bonchev–Trinajstić information content (AvgIpc) is 3.06. The Hall–Kier alpha value is -2.07. The van der Waals surface area contributed by atoms with Crippen molar-refractivity contribution in [3.8, 4) is 5.75 Å². The minimum absolute atomic E-state index is 0.556. The predicted molar refractivity (Wildman–Crippen MR) is 99.3 cm³/mol. The van der Waals surface area contributed by atoms with Crippen molar-refractivity contribution in [2.24, 2.45) is 0 Å². The highest BCUT2D eigenvalue weighted by Gasteiger charge is 2.25. The highest BCUT2D eigenvalue weighted by Crippen LogP contribution is 2.28. The largest absolute Gasteiger partial charge is 0.497 e. The fourth-order valence-corrected chi connectivity index (χ4v) is 3.24. The number of ether oxygens (including phenoxy) is 1. The number of likely N-dealkylation sites (tertiary alicyclic amines) is 1. The van der Waals surface area contributed by atoms with E-state index in [1.807, 2.05) is 24.3 Å². The van der Waals surface area contributed by atoms with E-state index in [2.05, 4.69) is 41.4 Å². The lowest BCUT2D eigenvalue weighted by Gasteiger charge is -2.21. The van der Waals surface area contributed by atoms with Gasteiger partial charge in [-0.1, -0.05) is 35.9 Å². The second kappa shape index (κ2) is 7.01. The molecule has 0 radical (unpaired) electrons. The van der Waals surface area contributed by atoms with Gasteiger partial charge in [-0.05, 0) is 43.3 Å². The lowest BCUT2D eigenvalue weighted by atomic mass is 9.98. The molecule has 1 atom stereocenters. The number of hydrogen-bond acceptors (Lipinski definition) is 2. The molecule has 3 nitrogen and oxygen atoms in total. The van der Waals surface area contributed by atoms with E-state index >= 15 is 0 Å². The van der Waals surface area contributed by atoms with Crippen molar-refractivity contribution >= 4 is 23.0 Å². The normalized spacial score (nSPS) is 17.1. The molecule has 1 aliphatic heterocycles. The van der Waals surface area contributed by atoms with E-state index in [1.165, 1.54) is 11.1 Å². The minimum atomic E-state index is 0.556. The van der Waals surface area contributed by atoms with Crippen molar-refractivity contribution in [3.63, 3.8) is 0 Å². The van der Waals surface area contributed by atoms with Crippen LogP contribution in [0.1, 0.15) is 23.5 Å². The Morgan fingerprint density at radius 1 is 1.22 bits per heavy atom. The van der Waals surface area contributed by atoms with Crippen molar-refractivity contribution in [2.45, 2.75) is 19.3 Å². The van der Waals surface area contributed by atoms with Gasteiger partial charge in [-0.25, -0.2) is 0 Å². The van der Waals surface area contributed by atoms with Crippen LogP contribution < -0.4 is 10.1 Å². The second-order valence-electron chi connectivity index (χ2n) is 6.00. The van der Waals surface area contributed by atoms with Gasteiger partial charge in [-0.3, -0.25) is 0 Å². The molecule has 1 saturated heterocycles. The smallest absolute Gasteiger partial charge is 0.173 e. The molecule has 0 unspecified atom stereocenters. The standard InChI is InChI=1S/C19H22N2OS/c1-14-6-8-15(9-7-14)16-10-11-21(13-16)19(23)20-17-4-3-5-18(12-17)22-2/h3-9,12,16H,10-11,13H2,1-2H3,(H,20,23)/t16-/m1/s1. The summed E-state index contributed by atoms with van der Waals surface area (Å²) in [6.07, 6.45) is 1.14. The van der Waals surface area contributed by atoms with Crippen LogP contribution in [0.2, 0.25) is 0 Å². The number of anilines is 1. The number of hydrogen-bond donors (Lipinski definition) is 1. The molecule has 120 valence electrons. The third kappa shape index (κ3) is 3.82. The molecule has 1 heterocycles. The second-order valence-corrected chi connectivity index (χ2v) is 6.39. The van der Waals surface area contributed by atoms with E-state index in [0.29, 0.717) is 5.92 Å². The van der Waals surface area contributed by atoms with Gasteiger partial charge >= 0.3 is 0 Å². The van der Waals surface area contributed by atoms with Crippen molar-refractivity contribution in [1.29, 1.82) is 0 Å². The molecule has 0 spiro atoms. The third-order valence-corrected chi connectivity index (χ3v) is 4.71. The van der Waals surface area contributed by atoms with Crippen molar-refractivity contribution in [1.82, 2.24) is 4.90 Å². The third-order valence-electron chi connectivity index (χ3n) is 4.35. The Morgan fingerprint density at radius 3 is 2.74 bits per heavy atom. The van der Waals surface area contributed by atoms with E-state index in [1.54, 1.807) is 7.11 Å². The lowest BCUT2D eigenvalue weighted by molar-refractivity contribution is 0.415. The topological polar surface area (TPSA) is 24.5 Å². The van der Waals surface area contributed by atoms with E-state index in [9.17, 15) is 0 Å². The molecule has 1 aliphatic rings. The zero-order valence-electron chi connectivity index (χ0n) is 13.6. The molecular weight excluding hydrogens is 304 g/mol. The maximum Gasteiger partial charge on any atom is 0.173 e. The van der Waals surface area contributed by atoms with Gasteiger partial charge in [0.05, 0.1) is 7.11 Å². The maximum atomic E-state index is 5.57. The van der Waals surface area contributed by atoms with E-state index < -0.39 is 0 Å². The SMILES string of the molecule is COc1cccc(NC(=S)N2CC[C@@H](c3ccc(C)cc3)C2)c1. The first-order valence-electron chi connectivity index (χ1n) is 7.92. The van der Waals surface area contributed by atoms with E-state index in [-0.39, 0.29) is 0 Å². The Bertz CT molecular complexity index is 684. The molecule has 0 aromatic heterocycles. The summed E-state index contributed by atoms with van der Waals surface area (Å²) in [5.41, 5.74) is 3.68. The highest BCUT2D eigenvalue weighted by molar-refractivity contribution is 7.80. The van der Waals surface area contributed by atoms with Crippen LogP contribution in [-0.4, -0.2) is 30.2 Å². The summed E-state index contributed by atoms with van der Waals surface area (Å²) in [4.78, 5) is 2.25. The molecule has 2 aromatic rings. The Balaban J connectivity index is 1.61. The summed E-state index contributed by atoms with van der Waals surface area (Å²) in [5, 5.41) is 4.10. The van der Waals surface area contributed by atoms with Crippen molar-refractivity contribution in [2.75, 3.05) is 25.5 Å². The molecule has 23 heavy (non-hydrogen) atoms. The van der Waals surface area contributed by atoms with Gasteiger partial charge in [0.2, 0.25) is 0 Å². The van der Waals surface area contributed by atoms with Gasteiger partial charge < -0.3 is 15.0 Å². The molecule has 0 amide bonds. The lowest BCUT2D eigenvalue weighted by Crippen LogP contribution is -2.32. The van der Waals surface area contributed by atoms with Crippen LogP contribution in [0.5, 0.6) is 5.75 Å². The van der Waals surface area contributed by atoms with Crippen LogP contribution in [0.25, 0.3) is 0 Å². The maximum absolute atomic E-state index is 5.57. The highest BCUT2D eigenvalue weighted by atomic mass is 32.1. The Kier molecular flexibility index (Phi) is 4.82. The Labute approximate surface area is 143 Å². The number of benzene rings is 2. The van der Waals surface area contributed by atoms with Crippen molar-refractivity contribution < 1.29 is 4.74 Å². The molecule has 0 saturated carbocycles. The molecule has 3 rings (SSSR count). The molecule has 0 bridgehead atoms. The molecular formula is C19H22N2OS. The molecule has 0 aliphatic carbocycles. The van der Waals surface area contributed by atoms with Crippen LogP contribution in [0.4, 0.5) is 5.69 Å². The summed E-state index contributed by atoms with van der Waals surface area (Å²) in [5.74, 6) is 1.39. The number of nitrogens with zero attached hydrogens (tertiary/aromatic N) is 1. The molecule has 1 N–H and O–H groups in total. The predicted octanol–water partition coefficient (Wildman–Crippen LogP) is 4.19. The zero-order valence-corrected chi connectivity index (χ0v) is 14.4. The summed E-state index contributed by atoms with van der Waals surface area (Å²) in [6.45, 7) is 4.09. The van der Waals surface area contributed by atoms with Crippen LogP contribution >= 0.6 is 12.2 Å². The monoisotopic (exact) mass is 326 g/mol. The van der Waals surface area contributed by atoms with E-state index in [0.717, 1.165) is 36.1 Å². The summed E-state index contributed by atoms with van der Waals surface area (Å²) in [7, 11) is 1.67. The van der Waals surface area contributed by atoms with Gasteiger partial charge in [0.15, 0.2) is 5.11 Å². The average molecular weight is 326 g/mol. The number of methoxy groups -OCH3 is 1. The molecule has 1 fully saturated rings. The number of thiocarbonyl (C=S) groups is 1. The fraction of sp³-hybridized carbons (Fsp3) is 0.316. The first-order chi connectivity index (χ1) is 11.2. The molecule has 4 heteroatoms. The van der Waals surface area contributed by atoms with Gasteiger partial charge in [0.1, 0.15) is 5.75 Å². The van der Waals surface area contributed by atoms with E-state index in [4.69, 9.17) is 17.0 Å². The van der Waals surface area contributed by atoms with Crippen LogP contribution in [0.15, 0.2) is 48.5 Å². The number of aryl methyl sites for hydroxylation is 1. The molecule has 2 aromatic carbocycles. The van der Waals surface area contributed by atoms with Gasteiger partial charge in [0, 0.05) is 30.8 Å². The van der Waals surface area contributed by atoms with Crippen LogP contribution in [-0.2, 0) is 0 Å². The van der Waals surface area contributed by atoms with Crippen molar-refractivity contribution in [3.05, 3.63) is 59.7 Å². The summed E-state index contributed by atoms with van der Waals surface area (Å²) < 4.78 is 5.25. The van der Waals surface area contributed by atoms with Crippen LogP contribution in [0, 0.1) is 6.92 Å². The zero-order chi connectivity index (χ0) is 16.2. The summed E-state index contributed by atoms with van der Waals surface area (Å²) >= 11 is 5.57. The van der Waals surface area contributed by atoms with Gasteiger partial charge in [0.25, 0.3) is 0 Å². The first-order valence-corrected chi connectivity index (χ1v) is 8.33. The minimum Gasteiger partial charge on any atom is -0.497 e. The Morgan fingerprint density at radius 2 is 2.00 bits per heavy atom. The number of rotatable bonds is 3. The number of nitrogens with one attached hydrogen (secondary N) is 1. The van der Waals surface area contributed by atoms with Gasteiger partial charge in [-0.15, -0.1) is 0 Å². The first kappa shape index (κ1) is 15.8.